The third kappa shape index (κ3) is 8.58. The zero-order valence-electron chi connectivity index (χ0n) is 16.4. The molecule has 0 spiro atoms. The third-order valence-electron chi connectivity index (χ3n) is 4.29. The summed E-state index contributed by atoms with van der Waals surface area (Å²) in [5.41, 5.74) is 5.75. The van der Waals surface area contributed by atoms with Crippen LogP contribution in [0.25, 0.3) is 5.59 Å². The molecule has 0 aromatic heterocycles. The van der Waals surface area contributed by atoms with Gasteiger partial charge in [0.2, 0.25) is 0 Å². The summed E-state index contributed by atoms with van der Waals surface area (Å²) < 4.78 is 0. The Kier molecular flexibility index (Phi) is 15.4. The van der Waals surface area contributed by atoms with E-state index in [1.165, 1.54) is 48.0 Å². The first-order chi connectivity index (χ1) is 12.9. The Labute approximate surface area is 185 Å². The summed E-state index contributed by atoms with van der Waals surface area (Å²) in [6.45, 7) is 0. The number of hydrogen-bond donors (Lipinski definition) is 0. The summed E-state index contributed by atoms with van der Waals surface area (Å²) >= 11 is 0. The molecule has 149 valence electrons. The van der Waals surface area contributed by atoms with Gasteiger partial charge in [-0.15, -0.1) is 0 Å². The molecule has 0 unspecified atom stereocenters. The van der Waals surface area contributed by atoms with Crippen molar-refractivity contribution in [2.75, 3.05) is 0 Å². The van der Waals surface area contributed by atoms with Gasteiger partial charge >= 0.3 is 0 Å². The molecule has 2 nitrogen and oxygen atoms in total. The van der Waals surface area contributed by atoms with Crippen LogP contribution in [0.15, 0.2) is 91.0 Å². The fourth-order valence-electron chi connectivity index (χ4n) is 3.06. The summed E-state index contributed by atoms with van der Waals surface area (Å²) in [7, 11) is -0.446. The van der Waals surface area contributed by atoms with Gasteiger partial charge in [0.15, 0.2) is 0 Å². The van der Waals surface area contributed by atoms with Crippen molar-refractivity contribution in [2.24, 2.45) is 0 Å². The average Bonchev–Trinajstić information content (AvgIpc) is 3.33. The average molecular weight is 564 g/mol. The zero-order chi connectivity index (χ0) is 18.5. The van der Waals surface area contributed by atoms with Crippen LogP contribution in [0.4, 0.5) is 0 Å². The molecule has 0 aliphatic heterocycles. The van der Waals surface area contributed by atoms with Gasteiger partial charge in [-0.3, -0.25) is 0 Å². The molecule has 0 bridgehead atoms. The second-order valence-corrected chi connectivity index (χ2v) is 8.33. The monoisotopic (exact) mass is 564 g/mol. The summed E-state index contributed by atoms with van der Waals surface area (Å²) in [6, 6.07) is 32.3. The maximum Gasteiger partial charge on any atom is 0 e. The molecule has 1 aliphatic carbocycles. The SMILES string of the molecule is C1CCCC1.[CH3-].[N-]=O.[Re].c1ccc(P(c2ccccc2)c2ccccc2)cc1. The molecular formula is C24H28NOPRe-2. The van der Waals surface area contributed by atoms with Crippen LogP contribution in [0.1, 0.15) is 32.1 Å². The molecule has 1 aliphatic rings. The van der Waals surface area contributed by atoms with Crippen molar-refractivity contribution in [1.29, 1.82) is 0 Å². The molecule has 1 radical (unpaired) electrons. The van der Waals surface area contributed by atoms with Gasteiger partial charge < -0.3 is 17.9 Å². The fraction of sp³-hybridized carbons (Fsp3) is 0.208. The molecule has 0 amide bonds. The van der Waals surface area contributed by atoms with Crippen LogP contribution >= 0.6 is 7.92 Å². The van der Waals surface area contributed by atoms with E-state index in [0.29, 0.717) is 0 Å². The number of rotatable bonds is 3. The molecule has 0 N–H and O–H groups in total. The Morgan fingerprint density at radius 1 is 0.500 bits per heavy atom. The summed E-state index contributed by atoms with van der Waals surface area (Å²) in [5, 5.41) is 4.19. The topological polar surface area (TPSA) is 39.4 Å². The van der Waals surface area contributed by atoms with Gasteiger partial charge in [0.05, 0.1) is 0 Å². The van der Waals surface area contributed by atoms with Gasteiger partial charge in [-0.2, -0.15) is 0 Å². The predicted octanol–water partition coefficient (Wildman–Crippen LogP) is 6.17. The summed E-state index contributed by atoms with van der Waals surface area (Å²) in [4.78, 5) is 7.25. The van der Waals surface area contributed by atoms with Crippen LogP contribution in [0.5, 0.6) is 0 Å². The van der Waals surface area contributed by atoms with Crippen molar-refractivity contribution in [3.63, 3.8) is 0 Å². The van der Waals surface area contributed by atoms with Crippen LogP contribution in [-0.2, 0) is 20.4 Å². The Hall–Kier alpha value is -1.65. The molecule has 0 heterocycles. The van der Waals surface area contributed by atoms with Crippen LogP contribution < -0.4 is 15.9 Å². The van der Waals surface area contributed by atoms with E-state index < -0.39 is 7.92 Å². The smallest absolute Gasteiger partial charge is 0 e. The van der Waals surface area contributed by atoms with Crippen LogP contribution in [0.2, 0.25) is 0 Å². The van der Waals surface area contributed by atoms with Crippen LogP contribution in [0.3, 0.4) is 0 Å². The minimum absolute atomic E-state index is 0. The quantitative estimate of drug-likeness (QED) is 0.278. The Bertz CT molecular complexity index is 620. The van der Waals surface area contributed by atoms with Crippen molar-refractivity contribution < 1.29 is 20.4 Å². The molecule has 1 fully saturated rings. The van der Waals surface area contributed by atoms with E-state index in [0.717, 1.165) is 0 Å². The van der Waals surface area contributed by atoms with E-state index >= 15 is 0 Å². The van der Waals surface area contributed by atoms with E-state index in [9.17, 15) is 0 Å². The molecular weight excluding hydrogens is 535 g/mol. The maximum absolute atomic E-state index is 7.25. The molecule has 3 aromatic rings. The van der Waals surface area contributed by atoms with Gasteiger partial charge in [-0.05, 0) is 23.8 Å². The molecule has 0 atom stereocenters. The van der Waals surface area contributed by atoms with E-state index in [1.807, 2.05) is 0 Å². The molecule has 4 heteroatoms. The predicted molar refractivity (Wildman–Crippen MR) is 121 cm³/mol. The van der Waals surface area contributed by atoms with Crippen LogP contribution in [0, 0.1) is 12.3 Å². The first-order valence-corrected chi connectivity index (χ1v) is 10.4. The van der Waals surface area contributed by atoms with Gasteiger partial charge in [0.25, 0.3) is 0 Å². The number of benzene rings is 3. The Morgan fingerprint density at radius 2 is 0.714 bits per heavy atom. The van der Waals surface area contributed by atoms with Gasteiger partial charge in [0.1, 0.15) is 0 Å². The normalized spacial score (nSPS) is 11.6. The van der Waals surface area contributed by atoms with Gasteiger partial charge in [0, 0.05) is 20.4 Å². The summed E-state index contributed by atoms with van der Waals surface area (Å²) in [6.07, 6.45) is 7.50. The van der Waals surface area contributed by atoms with E-state index in [-0.39, 0.29) is 27.8 Å². The largest absolute Gasteiger partial charge is 0.577 e. The fourth-order valence-corrected chi connectivity index (χ4v) is 5.37. The minimum atomic E-state index is -0.446. The van der Waals surface area contributed by atoms with Crippen molar-refractivity contribution in [2.45, 2.75) is 32.1 Å². The Morgan fingerprint density at radius 3 is 0.929 bits per heavy atom. The third-order valence-corrected chi connectivity index (χ3v) is 6.74. The molecule has 28 heavy (non-hydrogen) atoms. The van der Waals surface area contributed by atoms with Gasteiger partial charge in [-0.1, -0.05) is 123 Å². The second kappa shape index (κ2) is 16.3. The van der Waals surface area contributed by atoms with Crippen molar-refractivity contribution in [1.82, 2.24) is 0 Å². The standard InChI is InChI=1S/C18H15P.C5H10.CH3.NO.Re/c1-4-10-16(11-5-1)19(17-12-6-2-7-13-17)18-14-8-3-9-15-18;1-2-4-5-3-1;;1-2;/h1-15H;1-5H2;1H3;;/q;;2*-1;. The van der Waals surface area contributed by atoms with Crippen molar-refractivity contribution >= 4 is 23.8 Å². The maximum atomic E-state index is 7.25. The number of hydrogen-bond acceptors (Lipinski definition) is 1. The van der Waals surface area contributed by atoms with E-state index in [4.69, 9.17) is 10.5 Å². The number of nitrogens with zero attached hydrogens (tertiary/aromatic N) is 1. The second-order valence-electron chi connectivity index (χ2n) is 6.11. The van der Waals surface area contributed by atoms with E-state index in [1.54, 1.807) is 0 Å². The van der Waals surface area contributed by atoms with Crippen molar-refractivity contribution in [3.05, 3.63) is 109 Å². The van der Waals surface area contributed by atoms with Crippen LogP contribution in [-0.4, -0.2) is 0 Å². The minimum Gasteiger partial charge on any atom is -0.577 e. The Balaban J connectivity index is 0.000000699. The molecule has 3 aromatic carbocycles. The molecule has 4 rings (SSSR count). The molecule has 0 saturated heterocycles. The first kappa shape index (κ1) is 26.4. The zero-order valence-corrected chi connectivity index (χ0v) is 20.0. The summed E-state index contributed by atoms with van der Waals surface area (Å²) in [5.74, 6) is 0. The first-order valence-electron chi connectivity index (χ1n) is 9.09. The van der Waals surface area contributed by atoms with Crippen molar-refractivity contribution in [3.8, 4) is 0 Å². The number of nitroso groups, excluding NO2 is 1. The van der Waals surface area contributed by atoms with E-state index in [2.05, 4.69) is 91.0 Å². The van der Waals surface area contributed by atoms with Gasteiger partial charge in [-0.25, -0.2) is 0 Å². The molecule has 1 saturated carbocycles.